The summed E-state index contributed by atoms with van der Waals surface area (Å²) in [4.78, 5) is 12.0. The molecule has 1 aromatic rings. The topological polar surface area (TPSA) is 92.5 Å². The van der Waals surface area contributed by atoms with Crippen LogP contribution in [0.25, 0.3) is 0 Å². The van der Waals surface area contributed by atoms with Crippen LogP contribution in [0.5, 0.6) is 0 Å². The zero-order chi connectivity index (χ0) is 16.2. The highest BCUT2D eigenvalue weighted by molar-refractivity contribution is 7.88. The molecule has 7 heteroatoms. The fourth-order valence-corrected chi connectivity index (χ4v) is 3.52. The summed E-state index contributed by atoms with van der Waals surface area (Å²) in [5, 5.41) is 2.98. The summed E-state index contributed by atoms with van der Waals surface area (Å²) in [5.74, 6) is -0.0129. The lowest BCUT2D eigenvalue weighted by atomic mass is 10.0. The van der Waals surface area contributed by atoms with Crippen LogP contribution in [0.3, 0.4) is 0 Å². The standard InChI is InChI=1S/C15H23N3O3S/c1-22(20,21)18-10-8-13(9-11-18)17-15(19)7-6-12-4-2-3-5-14(12)16/h2-5,13H,6-11,16H2,1H3,(H,17,19). The van der Waals surface area contributed by atoms with E-state index >= 15 is 0 Å². The Morgan fingerprint density at radius 1 is 1.32 bits per heavy atom. The van der Waals surface area contributed by atoms with Gasteiger partial charge >= 0.3 is 0 Å². The number of nitrogens with one attached hydrogen (secondary N) is 1. The third-order valence-corrected chi connectivity index (χ3v) is 5.27. The molecule has 0 atom stereocenters. The van der Waals surface area contributed by atoms with Crippen molar-refractivity contribution in [3.63, 3.8) is 0 Å². The molecule has 1 saturated heterocycles. The molecule has 0 unspecified atom stereocenters. The minimum Gasteiger partial charge on any atom is -0.399 e. The van der Waals surface area contributed by atoms with Crippen molar-refractivity contribution in [2.45, 2.75) is 31.7 Å². The highest BCUT2D eigenvalue weighted by atomic mass is 32.2. The second-order valence-corrected chi connectivity index (χ2v) is 7.69. The molecule has 2 rings (SSSR count). The van der Waals surface area contributed by atoms with Gasteiger partial charge in [-0.1, -0.05) is 18.2 Å². The fourth-order valence-electron chi connectivity index (χ4n) is 2.64. The molecule has 0 radical (unpaired) electrons. The van der Waals surface area contributed by atoms with Crippen molar-refractivity contribution in [2.75, 3.05) is 25.1 Å². The van der Waals surface area contributed by atoms with E-state index in [1.807, 2.05) is 24.3 Å². The Bertz CT molecular complexity index is 623. The molecular weight excluding hydrogens is 302 g/mol. The number of hydrogen-bond donors (Lipinski definition) is 2. The second kappa shape index (κ2) is 7.11. The van der Waals surface area contributed by atoms with Crippen molar-refractivity contribution in [2.24, 2.45) is 0 Å². The molecule has 0 bridgehead atoms. The first-order valence-electron chi connectivity index (χ1n) is 7.44. The molecule has 6 nitrogen and oxygen atoms in total. The van der Waals surface area contributed by atoms with E-state index in [2.05, 4.69) is 5.32 Å². The number of nitrogen functional groups attached to an aromatic ring is 1. The van der Waals surface area contributed by atoms with Gasteiger partial charge in [-0.05, 0) is 30.9 Å². The zero-order valence-corrected chi connectivity index (χ0v) is 13.6. The number of anilines is 1. The zero-order valence-electron chi connectivity index (χ0n) is 12.8. The van der Waals surface area contributed by atoms with E-state index in [-0.39, 0.29) is 11.9 Å². The van der Waals surface area contributed by atoms with Crippen LogP contribution in [0.2, 0.25) is 0 Å². The first kappa shape index (κ1) is 16.8. The maximum atomic E-state index is 12.0. The first-order chi connectivity index (χ1) is 10.4. The van der Waals surface area contributed by atoms with Crippen molar-refractivity contribution >= 4 is 21.6 Å². The van der Waals surface area contributed by atoms with E-state index in [9.17, 15) is 13.2 Å². The smallest absolute Gasteiger partial charge is 0.220 e. The Balaban J connectivity index is 1.76. The van der Waals surface area contributed by atoms with Gasteiger partial charge < -0.3 is 11.1 Å². The van der Waals surface area contributed by atoms with E-state index in [0.717, 1.165) is 5.56 Å². The van der Waals surface area contributed by atoms with Gasteiger partial charge in [0.05, 0.1) is 6.26 Å². The predicted molar refractivity (Wildman–Crippen MR) is 86.8 cm³/mol. The van der Waals surface area contributed by atoms with Crippen molar-refractivity contribution in [3.8, 4) is 0 Å². The van der Waals surface area contributed by atoms with Crippen LogP contribution in [-0.4, -0.2) is 44.0 Å². The molecule has 22 heavy (non-hydrogen) atoms. The molecule has 1 amide bonds. The van der Waals surface area contributed by atoms with Gasteiger partial charge in [0.15, 0.2) is 0 Å². The number of aryl methyl sites for hydroxylation is 1. The van der Waals surface area contributed by atoms with Crippen LogP contribution >= 0.6 is 0 Å². The van der Waals surface area contributed by atoms with E-state index in [1.165, 1.54) is 10.6 Å². The Kier molecular flexibility index (Phi) is 5.42. The van der Waals surface area contributed by atoms with Crippen LogP contribution in [0, 0.1) is 0 Å². The monoisotopic (exact) mass is 325 g/mol. The number of sulfonamides is 1. The number of hydrogen-bond acceptors (Lipinski definition) is 4. The van der Waals surface area contributed by atoms with E-state index in [1.54, 1.807) is 0 Å². The third-order valence-electron chi connectivity index (χ3n) is 3.96. The van der Waals surface area contributed by atoms with Crippen LogP contribution in [0.15, 0.2) is 24.3 Å². The molecule has 1 fully saturated rings. The number of carbonyl (C=O) groups excluding carboxylic acids is 1. The van der Waals surface area contributed by atoms with Gasteiger partial charge in [-0.25, -0.2) is 12.7 Å². The lowest BCUT2D eigenvalue weighted by Gasteiger charge is -2.30. The molecule has 3 N–H and O–H groups in total. The maximum Gasteiger partial charge on any atom is 0.220 e. The van der Waals surface area contributed by atoms with Crippen LogP contribution in [0.1, 0.15) is 24.8 Å². The quantitative estimate of drug-likeness (QED) is 0.781. The Morgan fingerprint density at radius 2 is 1.95 bits per heavy atom. The number of rotatable bonds is 5. The molecule has 1 heterocycles. The van der Waals surface area contributed by atoms with E-state index in [4.69, 9.17) is 5.73 Å². The number of amides is 1. The SMILES string of the molecule is CS(=O)(=O)N1CCC(NC(=O)CCc2ccccc2N)CC1. The highest BCUT2D eigenvalue weighted by Gasteiger charge is 2.25. The summed E-state index contributed by atoms with van der Waals surface area (Å²) >= 11 is 0. The second-order valence-electron chi connectivity index (χ2n) is 5.70. The maximum absolute atomic E-state index is 12.0. The largest absolute Gasteiger partial charge is 0.399 e. The number of para-hydroxylation sites is 1. The van der Waals surface area contributed by atoms with Gasteiger partial charge in [-0.3, -0.25) is 4.79 Å². The molecule has 122 valence electrons. The molecule has 0 aromatic heterocycles. The number of benzene rings is 1. The minimum atomic E-state index is -3.12. The molecule has 1 aliphatic rings. The number of nitrogens with two attached hydrogens (primary N) is 1. The summed E-state index contributed by atoms with van der Waals surface area (Å²) < 4.78 is 24.3. The summed E-state index contributed by atoms with van der Waals surface area (Å²) in [6, 6.07) is 7.58. The number of piperidine rings is 1. The van der Waals surface area contributed by atoms with Crippen LogP contribution in [-0.2, 0) is 21.2 Å². The van der Waals surface area contributed by atoms with Crippen LogP contribution in [0.4, 0.5) is 5.69 Å². The van der Waals surface area contributed by atoms with Gasteiger partial charge in [0.25, 0.3) is 0 Å². The van der Waals surface area contributed by atoms with Crippen molar-refractivity contribution in [3.05, 3.63) is 29.8 Å². The average molecular weight is 325 g/mol. The normalized spacial score (nSPS) is 17.3. The third kappa shape index (κ3) is 4.71. The summed E-state index contributed by atoms with van der Waals surface area (Å²) in [5.41, 5.74) is 7.53. The molecule has 0 spiro atoms. The van der Waals surface area contributed by atoms with Gasteiger partial charge in [-0.15, -0.1) is 0 Å². The Morgan fingerprint density at radius 3 is 2.55 bits per heavy atom. The molecular formula is C15H23N3O3S. The minimum absolute atomic E-state index is 0.0129. The average Bonchev–Trinajstić information content (AvgIpc) is 2.46. The lowest BCUT2D eigenvalue weighted by Crippen LogP contribution is -2.46. The Labute approximate surface area is 131 Å². The molecule has 0 aliphatic carbocycles. The van der Waals surface area contributed by atoms with Gasteiger partial charge in [-0.2, -0.15) is 0 Å². The highest BCUT2D eigenvalue weighted by Crippen LogP contribution is 2.15. The predicted octanol–water partition coefficient (Wildman–Crippen LogP) is 0.742. The lowest BCUT2D eigenvalue weighted by molar-refractivity contribution is -0.122. The Hall–Kier alpha value is -1.60. The van der Waals surface area contributed by atoms with Gasteiger partial charge in [0.1, 0.15) is 0 Å². The van der Waals surface area contributed by atoms with Gasteiger partial charge in [0, 0.05) is 31.2 Å². The van der Waals surface area contributed by atoms with E-state index < -0.39 is 10.0 Å². The van der Waals surface area contributed by atoms with Crippen molar-refractivity contribution < 1.29 is 13.2 Å². The molecule has 1 aromatic carbocycles. The van der Waals surface area contributed by atoms with Crippen molar-refractivity contribution in [1.29, 1.82) is 0 Å². The molecule has 1 aliphatic heterocycles. The van der Waals surface area contributed by atoms with Crippen LogP contribution < -0.4 is 11.1 Å². The number of nitrogens with zero attached hydrogens (tertiary/aromatic N) is 1. The molecule has 0 saturated carbocycles. The van der Waals surface area contributed by atoms with Crippen molar-refractivity contribution in [1.82, 2.24) is 9.62 Å². The summed E-state index contributed by atoms with van der Waals surface area (Å²) in [6.45, 7) is 0.935. The fraction of sp³-hybridized carbons (Fsp3) is 0.533. The first-order valence-corrected chi connectivity index (χ1v) is 9.29. The van der Waals surface area contributed by atoms with E-state index in [0.29, 0.717) is 44.5 Å². The number of carbonyl (C=O) groups is 1. The summed E-state index contributed by atoms with van der Waals surface area (Å²) in [6.07, 6.45) is 3.54. The van der Waals surface area contributed by atoms with Gasteiger partial charge in [0.2, 0.25) is 15.9 Å². The summed E-state index contributed by atoms with van der Waals surface area (Å²) in [7, 11) is -3.12.